The number of allylic oxidation sites excluding steroid dienone is 2. The third kappa shape index (κ3) is 11.5. The number of hydrogen-bond donors (Lipinski definition) is 0. The van der Waals surface area contributed by atoms with Crippen molar-refractivity contribution >= 4 is 11.9 Å². The molecule has 1 saturated heterocycles. The van der Waals surface area contributed by atoms with Crippen molar-refractivity contribution in [2.45, 2.75) is 103 Å². The molecule has 1 aliphatic heterocycles. The standard InChI is InChI=1S/C24H43NO3/c1-3-4-5-6-7-8-9-10-11-12-13-14-15-16-17-18-19-25-21-22(20-23(25)26)24(27)28-2/h10-11,22H,3-9,12-21H2,1-2H3/b11-10-. The van der Waals surface area contributed by atoms with Crippen molar-refractivity contribution in [2.24, 2.45) is 5.92 Å². The zero-order valence-electron chi connectivity index (χ0n) is 18.4. The summed E-state index contributed by atoms with van der Waals surface area (Å²) in [7, 11) is 1.39. The Balaban J connectivity index is 1.86. The smallest absolute Gasteiger partial charge is 0.310 e. The van der Waals surface area contributed by atoms with Crippen LogP contribution in [-0.2, 0) is 14.3 Å². The number of nitrogens with zero attached hydrogens (tertiary/aromatic N) is 1. The molecule has 4 nitrogen and oxygen atoms in total. The quantitative estimate of drug-likeness (QED) is 0.172. The third-order valence-corrected chi connectivity index (χ3v) is 5.69. The maximum absolute atomic E-state index is 11.9. The van der Waals surface area contributed by atoms with Crippen LogP contribution in [0.3, 0.4) is 0 Å². The van der Waals surface area contributed by atoms with Gasteiger partial charge in [0.2, 0.25) is 5.91 Å². The monoisotopic (exact) mass is 393 g/mol. The first-order valence-corrected chi connectivity index (χ1v) is 11.7. The molecule has 0 aromatic carbocycles. The number of unbranched alkanes of at least 4 members (excludes halogenated alkanes) is 12. The minimum atomic E-state index is -0.258. The Labute approximate surface area is 173 Å². The molecule has 1 atom stereocenters. The van der Waals surface area contributed by atoms with E-state index in [1.807, 2.05) is 4.90 Å². The van der Waals surface area contributed by atoms with Crippen LogP contribution in [0.1, 0.15) is 103 Å². The van der Waals surface area contributed by atoms with E-state index in [0.717, 1.165) is 13.0 Å². The van der Waals surface area contributed by atoms with Crippen molar-refractivity contribution in [3.8, 4) is 0 Å². The van der Waals surface area contributed by atoms with E-state index < -0.39 is 0 Å². The Bertz CT molecular complexity index is 447. The van der Waals surface area contributed by atoms with Gasteiger partial charge in [-0.05, 0) is 32.1 Å². The lowest BCUT2D eigenvalue weighted by atomic mass is 10.1. The number of esters is 1. The number of amides is 1. The van der Waals surface area contributed by atoms with E-state index in [-0.39, 0.29) is 17.8 Å². The molecule has 1 fully saturated rings. The Morgan fingerprint density at radius 2 is 1.46 bits per heavy atom. The number of hydrogen-bond acceptors (Lipinski definition) is 3. The highest BCUT2D eigenvalue weighted by Crippen LogP contribution is 2.20. The Morgan fingerprint density at radius 3 is 2.04 bits per heavy atom. The number of ether oxygens (including phenoxy) is 1. The molecule has 0 N–H and O–H groups in total. The molecule has 0 aromatic heterocycles. The van der Waals surface area contributed by atoms with Gasteiger partial charge in [0.15, 0.2) is 0 Å². The predicted molar refractivity (Wildman–Crippen MR) is 116 cm³/mol. The molecule has 0 bridgehead atoms. The van der Waals surface area contributed by atoms with Gasteiger partial charge >= 0.3 is 5.97 Å². The van der Waals surface area contributed by atoms with E-state index in [0.29, 0.717) is 13.0 Å². The van der Waals surface area contributed by atoms with E-state index in [4.69, 9.17) is 4.74 Å². The zero-order chi connectivity index (χ0) is 20.5. The van der Waals surface area contributed by atoms with Gasteiger partial charge in [-0.1, -0.05) is 76.9 Å². The van der Waals surface area contributed by atoms with E-state index in [9.17, 15) is 9.59 Å². The van der Waals surface area contributed by atoms with Crippen LogP contribution in [0.15, 0.2) is 12.2 Å². The van der Waals surface area contributed by atoms with Crippen LogP contribution < -0.4 is 0 Å². The lowest BCUT2D eigenvalue weighted by Gasteiger charge is -2.15. The second-order valence-electron chi connectivity index (χ2n) is 8.20. The molecule has 0 spiro atoms. The van der Waals surface area contributed by atoms with E-state index in [1.165, 1.54) is 90.6 Å². The lowest BCUT2D eigenvalue weighted by molar-refractivity contribution is -0.145. The minimum Gasteiger partial charge on any atom is -0.469 e. The summed E-state index contributed by atoms with van der Waals surface area (Å²) in [6.07, 6.45) is 23.1. The van der Waals surface area contributed by atoms with Crippen LogP contribution in [0.25, 0.3) is 0 Å². The number of carbonyl (C=O) groups excluding carboxylic acids is 2. The number of likely N-dealkylation sites (tertiary alicyclic amines) is 1. The fourth-order valence-electron chi connectivity index (χ4n) is 3.86. The van der Waals surface area contributed by atoms with Gasteiger partial charge in [-0.3, -0.25) is 9.59 Å². The molecule has 0 aromatic rings. The second-order valence-corrected chi connectivity index (χ2v) is 8.20. The van der Waals surface area contributed by atoms with Crippen molar-refractivity contribution in [1.29, 1.82) is 0 Å². The normalized spacial score (nSPS) is 17.0. The summed E-state index contributed by atoms with van der Waals surface area (Å²) in [5.74, 6) is -0.411. The molecule has 1 unspecified atom stereocenters. The van der Waals surface area contributed by atoms with Gasteiger partial charge in [0.05, 0.1) is 13.0 Å². The summed E-state index contributed by atoms with van der Waals surface area (Å²) in [5.41, 5.74) is 0. The van der Waals surface area contributed by atoms with Crippen LogP contribution in [0.2, 0.25) is 0 Å². The Hall–Kier alpha value is -1.32. The molecular weight excluding hydrogens is 350 g/mol. The van der Waals surface area contributed by atoms with E-state index in [1.54, 1.807) is 0 Å². The Kier molecular flexibility index (Phi) is 14.7. The first kappa shape index (κ1) is 24.7. The van der Waals surface area contributed by atoms with Crippen LogP contribution in [0.5, 0.6) is 0 Å². The van der Waals surface area contributed by atoms with Crippen LogP contribution in [-0.4, -0.2) is 37.0 Å². The number of methoxy groups -OCH3 is 1. The van der Waals surface area contributed by atoms with Crippen LogP contribution >= 0.6 is 0 Å². The van der Waals surface area contributed by atoms with Crippen molar-refractivity contribution in [3.05, 3.63) is 12.2 Å². The Morgan fingerprint density at radius 1 is 0.929 bits per heavy atom. The molecule has 1 aliphatic rings. The fraction of sp³-hybridized carbons (Fsp3) is 0.833. The molecule has 4 heteroatoms. The summed E-state index contributed by atoms with van der Waals surface area (Å²) in [6.45, 7) is 3.59. The fourth-order valence-corrected chi connectivity index (χ4v) is 3.86. The molecule has 1 amide bonds. The van der Waals surface area contributed by atoms with Crippen LogP contribution in [0, 0.1) is 5.92 Å². The summed E-state index contributed by atoms with van der Waals surface area (Å²) < 4.78 is 4.74. The van der Waals surface area contributed by atoms with Gasteiger partial charge in [0.25, 0.3) is 0 Å². The van der Waals surface area contributed by atoms with Crippen LogP contribution in [0.4, 0.5) is 0 Å². The molecule has 1 rings (SSSR count). The van der Waals surface area contributed by atoms with Gasteiger partial charge in [0.1, 0.15) is 0 Å². The summed E-state index contributed by atoms with van der Waals surface area (Å²) in [4.78, 5) is 25.3. The number of rotatable bonds is 17. The summed E-state index contributed by atoms with van der Waals surface area (Å²) in [5, 5.41) is 0. The average molecular weight is 394 g/mol. The summed E-state index contributed by atoms with van der Waals surface area (Å²) >= 11 is 0. The topological polar surface area (TPSA) is 46.6 Å². The van der Waals surface area contributed by atoms with Gasteiger partial charge in [-0.25, -0.2) is 0 Å². The van der Waals surface area contributed by atoms with Crippen molar-refractivity contribution in [1.82, 2.24) is 4.90 Å². The first-order chi connectivity index (χ1) is 13.7. The predicted octanol–water partition coefficient (Wildman–Crippen LogP) is 6.05. The van der Waals surface area contributed by atoms with Crippen molar-refractivity contribution < 1.29 is 14.3 Å². The molecule has 162 valence electrons. The first-order valence-electron chi connectivity index (χ1n) is 11.7. The third-order valence-electron chi connectivity index (χ3n) is 5.69. The highest BCUT2D eigenvalue weighted by Gasteiger charge is 2.34. The molecule has 0 radical (unpaired) electrons. The van der Waals surface area contributed by atoms with E-state index >= 15 is 0 Å². The molecule has 0 saturated carbocycles. The molecular formula is C24H43NO3. The average Bonchev–Trinajstić information content (AvgIpc) is 3.07. The highest BCUT2D eigenvalue weighted by atomic mass is 16.5. The van der Waals surface area contributed by atoms with Gasteiger partial charge in [-0.2, -0.15) is 0 Å². The van der Waals surface area contributed by atoms with Crippen molar-refractivity contribution in [2.75, 3.05) is 20.2 Å². The maximum atomic E-state index is 11.9. The maximum Gasteiger partial charge on any atom is 0.310 e. The minimum absolute atomic E-state index is 0.100. The molecule has 0 aliphatic carbocycles. The largest absolute Gasteiger partial charge is 0.469 e. The van der Waals surface area contributed by atoms with E-state index in [2.05, 4.69) is 19.1 Å². The molecule has 1 heterocycles. The molecule has 28 heavy (non-hydrogen) atoms. The SMILES string of the molecule is CCCCCCCC/C=C\CCCCCCCCN1CC(C(=O)OC)CC1=O. The van der Waals surface area contributed by atoms with Gasteiger partial charge in [0, 0.05) is 19.5 Å². The number of carbonyl (C=O) groups is 2. The lowest BCUT2D eigenvalue weighted by Crippen LogP contribution is -2.27. The highest BCUT2D eigenvalue weighted by molar-refractivity contribution is 5.86. The van der Waals surface area contributed by atoms with Crippen molar-refractivity contribution in [3.63, 3.8) is 0 Å². The van der Waals surface area contributed by atoms with Gasteiger partial charge in [-0.15, -0.1) is 0 Å². The second kappa shape index (κ2) is 16.6. The summed E-state index contributed by atoms with van der Waals surface area (Å²) in [6, 6.07) is 0. The zero-order valence-corrected chi connectivity index (χ0v) is 18.4. The van der Waals surface area contributed by atoms with Gasteiger partial charge < -0.3 is 9.64 Å².